The van der Waals surface area contributed by atoms with Crippen molar-refractivity contribution in [2.75, 3.05) is 14.2 Å². The summed E-state index contributed by atoms with van der Waals surface area (Å²) in [7, 11) is 3.14. The van der Waals surface area contributed by atoms with E-state index in [1.165, 1.54) is 17.4 Å². The fourth-order valence-electron chi connectivity index (χ4n) is 2.21. The van der Waals surface area contributed by atoms with Crippen LogP contribution in [0.15, 0.2) is 52.5 Å². The number of hydrogen-bond donors (Lipinski definition) is 0. The fourth-order valence-corrected chi connectivity index (χ4v) is 2.98. The van der Waals surface area contributed by atoms with Crippen LogP contribution in [-0.4, -0.2) is 25.2 Å². The molecule has 0 radical (unpaired) electrons. The molecule has 0 N–H and O–H groups in total. The van der Waals surface area contributed by atoms with Crippen molar-refractivity contribution in [2.45, 2.75) is 6.61 Å². The number of thiazole rings is 1. The maximum Gasteiger partial charge on any atom is 0.331 e. The maximum absolute atomic E-state index is 12.0. The standard InChI is InChI=1S/C19H17NO5S/c1-22-15-6-7-16(23-2)13(10-15)5-8-18(21)25-11-14-12-26-19(20-14)17-4-3-9-24-17/h3-10,12H,11H2,1-2H3/b8-5+. The van der Waals surface area contributed by atoms with Gasteiger partial charge in [-0.25, -0.2) is 9.78 Å². The number of hydrogen-bond acceptors (Lipinski definition) is 7. The van der Waals surface area contributed by atoms with Gasteiger partial charge in [0.1, 0.15) is 18.1 Å². The minimum absolute atomic E-state index is 0.0929. The molecule has 6 nitrogen and oxygen atoms in total. The molecule has 0 unspecified atom stereocenters. The number of nitrogens with zero attached hydrogens (tertiary/aromatic N) is 1. The van der Waals surface area contributed by atoms with Crippen LogP contribution >= 0.6 is 11.3 Å². The van der Waals surface area contributed by atoms with E-state index in [-0.39, 0.29) is 6.61 Å². The van der Waals surface area contributed by atoms with Gasteiger partial charge in [-0.1, -0.05) is 0 Å². The molecule has 0 saturated carbocycles. The van der Waals surface area contributed by atoms with Crippen molar-refractivity contribution in [3.63, 3.8) is 0 Å². The Bertz CT molecular complexity index is 899. The monoisotopic (exact) mass is 371 g/mol. The second-order valence-corrected chi connectivity index (χ2v) is 6.03. The van der Waals surface area contributed by atoms with E-state index in [0.717, 1.165) is 10.6 Å². The highest BCUT2D eigenvalue weighted by atomic mass is 32.1. The summed E-state index contributed by atoms with van der Waals surface area (Å²) in [6, 6.07) is 8.97. The van der Waals surface area contributed by atoms with E-state index in [2.05, 4.69) is 4.98 Å². The highest BCUT2D eigenvalue weighted by Crippen LogP contribution is 2.26. The van der Waals surface area contributed by atoms with Crippen molar-refractivity contribution in [1.82, 2.24) is 4.98 Å². The van der Waals surface area contributed by atoms with Crippen molar-refractivity contribution < 1.29 is 23.4 Å². The average molecular weight is 371 g/mol. The maximum atomic E-state index is 12.0. The molecular formula is C19H17NO5S. The van der Waals surface area contributed by atoms with Crippen molar-refractivity contribution in [2.24, 2.45) is 0 Å². The topological polar surface area (TPSA) is 70.8 Å². The van der Waals surface area contributed by atoms with Crippen molar-refractivity contribution >= 4 is 23.4 Å². The summed E-state index contributed by atoms with van der Waals surface area (Å²) in [4.78, 5) is 16.3. The first-order valence-electron chi connectivity index (χ1n) is 7.74. The summed E-state index contributed by atoms with van der Waals surface area (Å²) in [6.45, 7) is 0.0929. The second-order valence-electron chi connectivity index (χ2n) is 5.17. The second kappa shape index (κ2) is 8.35. The number of esters is 1. The molecule has 2 aromatic heterocycles. The molecule has 0 saturated heterocycles. The van der Waals surface area contributed by atoms with Crippen molar-refractivity contribution in [3.05, 3.63) is 59.3 Å². The van der Waals surface area contributed by atoms with E-state index >= 15 is 0 Å². The van der Waals surface area contributed by atoms with E-state index < -0.39 is 5.97 Å². The molecule has 0 aliphatic rings. The molecule has 7 heteroatoms. The van der Waals surface area contributed by atoms with Gasteiger partial charge >= 0.3 is 5.97 Å². The first-order chi connectivity index (χ1) is 12.7. The van der Waals surface area contributed by atoms with Crippen LogP contribution in [0.1, 0.15) is 11.3 Å². The molecule has 2 heterocycles. The van der Waals surface area contributed by atoms with E-state index in [1.807, 2.05) is 11.4 Å². The number of methoxy groups -OCH3 is 2. The highest BCUT2D eigenvalue weighted by Gasteiger charge is 2.09. The molecule has 0 spiro atoms. The van der Waals surface area contributed by atoms with Crippen LogP contribution in [0.5, 0.6) is 11.5 Å². The van der Waals surface area contributed by atoms with Crippen LogP contribution in [0.2, 0.25) is 0 Å². The summed E-state index contributed by atoms with van der Waals surface area (Å²) in [6.07, 6.45) is 4.56. The Morgan fingerprint density at radius 3 is 2.88 bits per heavy atom. The van der Waals surface area contributed by atoms with Crippen LogP contribution in [0, 0.1) is 0 Å². The Hall–Kier alpha value is -3.06. The minimum Gasteiger partial charge on any atom is -0.497 e. The minimum atomic E-state index is -0.470. The molecule has 134 valence electrons. The molecule has 0 fully saturated rings. The molecule has 1 aromatic carbocycles. The Balaban J connectivity index is 1.60. The number of carbonyl (C=O) groups excluding carboxylic acids is 1. The summed E-state index contributed by atoms with van der Waals surface area (Å²) in [5.74, 6) is 1.53. The number of carbonyl (C=O) groups is 1. The third kappa shape index (κ3) is 4.31. The molecule has 0 amide bonds. The molecular weight excluding hydrogens is 354 g/mol. The van der Waals surface area contributed by atoms with Crippen LogP contribution in [-0.2, 0) is 16.1 Å². The zero-order valence-electron chi connectivity index (χ0n) is 14.3. The fraction of sp³-hybridized carbons (Fsp3) is 0.158. The number of rotatable bonds is 7. The van der Waals surface area contributed by atoms with Crippen LogP contribution < -0.4 is 9.47 Å². The zero-order chi connectivity index (χ0) is 18.4. The van der Waals surface area contributed by atoms with Gasteiger partial charge in [-0.3, -0.25) is 0 Å². The molecule has 0 aliphatic heterocycles. The van der Waals surface area contributed by atoms with Gasteiger partial charge < -0.3 is 18.6 Å². The van der Waals surface area contributed by atoms with Gasteiger partial charge in [0, 0.05) is 17.0 Å². The number of benzene rings is 1. The van der Waals surface area contributed by atoms with Gasteiger partial charge in [0.15, 0.2) is 10.8 Å². The Morgan fingerprint density at radius 1 is 1.27 bits per heavy atom. The van der Waals surface area contributed by atoms with Gasteiger partial charge in [-0.15, -0.1) is 11.3 Å². The molecule has 26 heavy (non-hydrogen) atoms. The van der Waals surface area contributed by atoms with Crippen molar-refractivity contribution in [1.29, 1.82) is 0 Å². The molecule has 0 aliphatic carbocycles. The lowest BCUT2D eigenvalue weighted by Crippen LogP contribution is -2.01. The molecule has 0 bridgehead atoms. The van der Waals surface area contributed by atoms with E-state index in [0.29, 0.717) is 23.0 Å². The summed E-state index contributed by atoms with van der Waals surface area (Å²) >= 11 is 1.43. The third-order valence-electron chi connectivity index (χ3n) is 3.48. The van der Waals surface area contributed by atoms with Gasteiger partial charge in [0.05, 0.1) is 26.2 Å². The van der Waals surface area contributed by atoms with Crippen LogP contribution in [0.25, 0.3) is 16.8 Å². The SMILES string of the molecule is COc1ccc(OC)c(/C=C/C(=O)OCc2csc(-c3ccco3)n2)c1. The quantitative estimate of drug-likeness (QED) is 0.458. The predicted octanol–water partition coefficient (Wildman–Crippen LogP) is 4.18. The van der Waals surface area contributed by atoms with E-state index in [1.54, 1.807) is 50.8 Å². The molecule has 0 atom stereocenters. The summed E-state index contributed by atoms with van der Waals surface area (Å²) < 4.78 is 21.0. The Labute approximate surface area is 154 Å². The van der Waals surface area contributed by atoms with Crippen molar-refractivity contribution in [3.8, 4) is 22.3 Å². The third-order valence-corrected chi connectivity index (χ3v) is 4.39. The highest BCUT2D eigenvalue weighted by molar-refractivity contribution is 7.13. The zero-order valence-corrected chi connectivity index (χ0v) is 15.1. The number of furan rings is 1. The molecule has 3 aromatic rings. The molecule has 3 rings (SSSR count). The normalized spacial score (nSPS) is 10.8. The van der Waals surface area contributed by atoms with E-state index in [4.69, 9.17) is 18.6 Å². The number of aromatic nitrogens is 1. The largest absolute Gasteiger partial charge is 0.497 e. The Morgan fingerprint density at radius 2 is 2.15 bits per heavy atom. The number of ether oxygens (including phenoxy) is 3. The summed E-state index contributed by atoms with van der Waals surface area (Å²) in [5.41, 5.74) is 1.39. The first kappa shape index (κ1) is 17.8. The average Bonchev–Trinajstić information content (AvgIpc) is 3.35. The van der Waals surface area contributed by atoms with Crippen LogP contribution in [0.4, 0.5) is 0 Å². The van der Waals surface area contributed by atoms with Gasteiger partial charge in [-0.2, -0.15) is 0 Å². The van der Waals surface area contributed by atoms with Gasteiger partial charge in [0.25, 0.3) is 0 Å². The summed E-state index contributed by atoms with van der Waals surface area (Å²) in [5, 5.41) is 2.58. The lowest BCUT2D eigenvalue weighted by Gasteiger charge is -2.07. The lowest BCUT2D eigenvalue weighted by molar-refractivity contribution is -0.139. The van der Waals surface area contributed by atoms with Gasteiger partial charge in [-0.05, 0) is 36.4 Å². The van der Waals surface area contributed by atoms with E-state index in [9.17, 15) is 4.79 Å². The first-order valence-corrected chi connectivity index (χ1v) is 8.62. The predicted molar refractivity (Wildman–Crippen MR) is 98.2 cm³/mol. The smallest absolute Gasteiger partial charge is 0.331 e. The van der Waals surface area contributed by atoms with Crippen LogP contribution in [0.3, 0.4) is 0 Å². The Kier molecular flexibility index (Phi) is 5.70. The van der Waals surface area contributed by atoms with Gasteiger partial charge in [0.2, 0.25) is 0 Å². The lowest BCUT2D eigenvalue weighted by atomic mass is 10.1.